The third-order valence-electron chi connectivity index (χ3n) is 6.13. The van der Waals surface area contributed by atoms with E-state index in [9.17, 15) is 14.4 Å². The molecule has 8 nitrogen and oxygen atoms in total. The zero-order chi connectivity index (χ0) is 26.5. The fraction of sp³-hybridized carbons (Fsp3) is 0.207. The molecule has 2 heterocycles. The highest BCUT2D eigenvalue weighted by Crippen LogP contribution is 2.36. The Morgan fingerprint density at radius 1 is 1.03 bits per heavy atom. The lowest BCUT2D eigenvalue weighted by Crippen LogP contribution is -2.28. The summed E-state index contributed by atoms with van der Waals surface area (Å²) in [6.45, 7) is 5.88. The van der Waals surface area contributed by atoms with Crippen molar-refractivity contribution in [3.8, 4) is 5.75 Å². The lowest BCUT2D eigenvalue weighted by Gasteiger charge is -2.22. The molecule has 1 aliphatic rings. The molecule has 37 heavy (non-hydrogen) atoms. The van der Waals surface area contributed by atoms with Crippen molar-refractivity contribution in [1.82, 2.24) is 5.32 Å². The Morgan fingerprint density at radius 2 is 1.78 bits per heavy atom. The van der Waals surface area contributed by atoms with Gasteiger partial charge in [0, 0.05) is 11.4 Å². The number of ether oxygens (including phenoxy) is 2. The van der Waals surface area contributed by atoms with Gasteiger partial charge in [-0.15, -0.1) is 0 Å². The molecule has 0 fully saturated rings. The minimum atomic E-state index is -0.672. The summed E-state index contributed by atoms with van der Waals surface area (Å²) < 4.78 is 15.6. The molecule has 8 heteroatoms. The van der Waals surface area contributed by atoms with Crippen LogP contribution in [0.3, 0.4) is 0 Å². The average molecular weight is 501 g/mol. The van der Waals surface area contributed by atoms with Gasteiger partial charge in [-0.25, -0.2) is 4.79 Å². The Labute approximate surface area is 215 Å². The number of nitrogens with one attached hydrogen (secondary N) is 1. The second kappa shape index (κ2) is 11.0. The summed E-state index contributed by atoms with van der Waals surface area (Å²) in [5.41, 5.74) is 4.55. The summed E-state index contributed by atoms with van der Waals surface area (Å²) in [7, 11) is 1.26. The number of amides is 1. The van der Waals surface area contributed by atoms with Gasteiger partial charge >= 0.3 is 5.97 Å². The summed E-state index contributed by atoms with van der Waals surface area (Å²) in [5.74, 6) is -0.198. The first-order valence-electron chi connectivity index (χ1n) is 11.7. The van der Waals surface area contributed by atoms with E-state index in [4.69, 9.17) is 13.9 Å². The molecule has 0 bridgehead atoms. The van der Waals surface area contributed by atoms with E-state index in [2.05, 4.69) is 5.32 Å². The number of allylic oxidation sites excluding steroid dienone is 2. The molecule has 1 aliphatic heterocycles. The Morgan fingerprint density at radius 3 is 2.43 bits per heavy atom. The average Bonchev–Trinajstić information content (AvgIpc) is 3.50. The maximum absolute atomic E-state index is 13.3. The SMILES string of the molecule is COC(=O)C1=C(C)N(c2ccc(C)c(C)c2)/C(=C\c2ccc(OCC(=O)NCc3ccco3)cc2)C1=O. The van der Waals surface area contributed by atoms with Gasteiger partial charge in [-0.1, -0.05) is 18.2 Å². The van der Waals surface area contributed by atoms with E-state index in [1.165, 1.54) is 7.11 Å². The Balaban J connectivity index is 1.52. The predicted octanol–water partition coefficient (Wildman–Crippen LogP) is 4.47. The molecule has 3 aromatic rings. The first kappa shape index (κ1) is 25.5. The van der Waals surface area contributed by atoms with Crippen LogP contribution in [0.15, 0.2) is 82.2 Å². The van der Waals surface area contributed by atoms with Crippen LogP contribution in [-0.2, 0) is 25.7 Å². The molecule has 0 radical (unpaired) electrons. The first-order valence-corrected chi connectivity index (χ1v) is 11.7. The van der Waals surface area contributed by atoms with E-state index in [0.717, 1.165) is 22.4 Å². The van der Waals surface area contributed by atoms with Crippen molar-refractivity contribution in [2.24, 2.45) is 0 Å². The van der Waals surface area contributed by atoms with Gasteiger partial charge in [-0.2, -0.15) is 0 Å². The van der Waals surface area contributed by atoms with Gasteiger partial charge in [0.15, 0.2) is 6.61 Å². The molecule has 190 valence electrons. The van der Waals surface area contributed by atoms with Crippen LogP contribution in [0, 0.1) is 13.8 Å². The minimum absolute atomic E-state index is 0.00694. The summed E-state index contributed by atoms with van der Waals surface area (Å²) in [5, 5.41) is 2.72. The van der Waals surface area contributed by atoms with Crippen molar-refractivity contribution >= 4 is 29.4 Å². The van der Waals surface area contributed by atoms with Gasteiger partial charge in [0.25, 0.3) is 5.91 Å². The zero-order valence-electron chi connectivity index (χ0n) is 21.2. The lowest BCUT2D eigenvalue weighted by atomic mass is 10.1. The number of carbonyl (C=O) groups is 3. The molecule has 0 saturated heterocycles. The van der Waals surface area contributed by atoms with E-state index < -0.39 is 11.8 Å². The molecule has 0 saturated carbocycles. The summed E-state index contributed by atoms with van der Waals surface area (Å²) in [6, 6.07) is 16.4. The summed E-state index contributed by atoms with van der Waals surface area (Å²) in [4.78, 5) is 39.5. The molecule has 2 aromatic carbocycles. The van der Waals surface area contributed by atoms with Crippen LogP contribution >= 0.6 is 0 Å². The topological polar surface area (TPSA) is 98.1 Å². The molecule has 0 spiro atoms. The molecule has 0 unspecified atom stereocenters. The third-order valence-corrected chi connectivity index (χ3v) is 6.13. The Hall–Kier alpha value is -4.59. The zero-order valence-corrected chi connectivity index (χ0v) is 21.2. The molecular weight excluding hydrogens is 472 g/mol. The number of anilines is 1. The van der Waals surface area contributed by atoms with Crippen LogP contribution < -0.4 is 15.0 Å². The van der Waals surface area contributed by atoms with E-state index >= 15 is 0 Å². The Bertz CT molecular complexity index is 1380. The number of hydrogen-bond acceptors (Lipinski definition) is 7. The molecule has 4 rings (SSSR count). The van der Waals surface area contributed by atoms with Crippen LogP contribution in [-0.4, -0.2) is 31.4 Å². The number of esters is 1. The number of rotatable bonds is 8. The normalized spacial score (nSPS) is 14.3. The first-order chi connectivity index (χ1) is 17.8. The molecule has 1 aromatic heterocycles. The smallest absolute Gasteiger partial charge is 0.343 e. The number of furan rings is 1. The van der Waals surface area contributed by atoms with Crippen LogP contribution in [0.1, 0.15) is 29.4 Å². The van der Waals surface area contributed by atoms with E-state index in [-0.39, 0.29) is 24.6 Å². The fourth-order valence-electron chi connectivity index (χ4n) is 3.97. The number of ketones is 1. The minimum Gasteiger partial charge on any atom is -0.484 e. The van der Waals surface area contributed by atoms with Gasteiger partial charge < -0.3 is 24.1 Å². The number of aryl methyl sites for hydroxylation is 2. The molecule has 0 aliphatic carbocycles. The van der Waals surface area contributed by atoms with Crippen molar-refractivity contribution in [3.05, 3.63) is 100 Å². The summed E-state index contributed by atoms with van der Waals surface area (Å²) >= 11 is 0. The van der Waals surface area contributed by atoms with Crippen LogP contribution in [0.2, 0.25) is 0 Å². The van der Waals surface area contributed by atoms with Gasteiger partial charge in [0.05, 0.1) is 25.6 Å². The van der Waals surface area contributed by atoms with Crippen molar-refractivity contribution in [2.75, 3.05) is 18.6 Å². The van der Waals surface area contributed by atoms with E-state index in [0.29, 0.717) is 22.9 Å². The van der Waals surface area contributed by atoms with Gasteiger partial charge in [-0.05, 0) is 79.9 Å². The second-order valence-electron chi connectivity index (χ2n) is 8.63. The van der Waals surface area contributed by atoms with Gasteiger partial charge in [-0.3, -0.25) is 9.59 Å². The van der Waals surface area contributed by atoms with Crippen LogP contribution in [0.5, 0.6) is 5.75 Å². The lowest BCUT2D eigenvalue weighted by molar-refractivity contribution is -0.137. The number of benzene rings is 2. The van der Waals surface area contributed by atoms with Crippen LogP contribution in [0.4, 0.5) is 5.69 Å². The van der Waals surface area contributed by atoms with Crippen molar-refractivity contribution in [3.63, 3.8) is 0 Å². The number of hydrogen-bond donors (Lipinski definition) is 1. The monoisotopic (exact) mass is 500 g/mol. The maximum atomic E-state index is 13.3. The predicted molar refractivity (Wildman–Crippen MR) is 139 cm³/mol. The highest BCUT2D eigenvalue weighted by Gasteiger charge is 2.38. The van der Waals surface area contributed by atoms with Crippen molar-refractivity contribution in [2.45, 2.75) is 27.3 Å². The largest absolute Gasteiger partial charge is 0.484 e. The van der Waals surface area contributed by atoms with E-state index in [1.807, 2.05) is 32.0 Å². The standard InChI is InChI=1S/C29H28N2O6/c1-18-7-10-22(14-19(18)2)31-20(3)27(29(34)35-4)28(33)25(31)15-21-8-11-23(12-9-21)37-17-26(32)30-16-24-6-5-13-36-24/h5-15H,16-17H2,1-4H3,(H,30,32)/b25-15-. The van der Waals surface area contributed by atoms with Crippen molar-refractivity contribution < 1.29 is 28.3 Å². The number of methoxy groups -OCH3 is 1. The second-order valence-corrected chi connectivity index (χ2v) is 8.63. The highest BCUT2D eigenvalue weighted by molar-refractivity contribution is 6.30. The number of Topliss-reactive ketones (excluding diaryl/α,β-unsaturated/α-hetero) is 1. The molecular formula is C29H28N2O6. The summed E-state index contributed by atoms with van der Waals surface area (Å²) in [6.07, 6.45) is 3.26. The molecule has 0 atom stereocenters. The third kappa shape index (κ3) is 5.64. The van der Waals surface area contributed by atoms with Gasteiger partial charge in [0.2, 0.25) is 5.78 Å². The van der Waals surface area contributed by atoms with Gasteiger partial charge in [0.1, 0.15) is 17.1 Å². The molecule has 1 N–H and O–H groups in total. The number of nitrogens with zero attached hydrogens (tertiary/aromatic N) is 1. The van der Waals surface area contributed by atoms with E-state index in [1.54, 1.807) is 60.6 Å². The van der Waals surface area contributed by atoms with Crippen molar-refractivity contribution in [1.29, 1.82) is 0 Å². The fourth-order valence-corrected chi connectivity index (χ4v) is 3.97. The number of carbonyl (C=O) groups excluding carboxylic acids is 3. The Kier molecular flexibility index (Phi) is 7.57. The maximum Gasteiger partial charge on any atom is 0.343 e. The quantitative estimate of drug-likeness (QED) is 0.277. The van der Waals surface area contributed by atoms with Crippen LogP contribution in [0.25, 0.3) is 6.08 Å². The molecule has 1 amide bonds. The highest BCUT2D eigenvalue weighted by atomic mass is 16.5.